The molecular weight excluding hydrogens is 1020 g/mol. The van der Waals surface area contributed by atoms with Gasteiger partial charge in [-0.05, 0) is 97.5 Å². The first kappa shape index (κ1) is 45.9. The van der Waals surface area contributed by atoms with Gasteiger partial charge in [0.05, 0.1) is 0 Å². The molecule has 5 aromatic carbocycles. The average molecular weight is 1090 g/mol. The third-order valence-electron chi connectivity index (χ3n) is 17.1. The van der Waals surface area contributed by atoms with Gasteiger partial charge < -0.3 is 4.98 Å². The Morgan fingerprint density at radius 2 is 0.906 bits per heavy atom. The summed E-state index contributed by atoms with van der Waals surface area (Å²) in [4.78, 5) is 20.7. The quantitative estimate of drug-likeness (QED) is 0.156. The van der Waals surface area contributed by atoms with Crippen LogP contribution in [0.15, 0.2) is 114 Å². The van der Waals surface area contributed by atoms with Crippen LogP contribution < -0.4 is 0 Å². The summed E-state index contributed by atoms with van der Waals surface area (Å²) in [7, 11) is 0. The molecule has 0 saturated heterocycles. The van der Waals surface area contributed by atoms with Crippen molar-refractivity contribution in [2.24, 2.45) is 10.8 Å². The zero-order valence-corrected chi connectivity index (χ0v) is 43.9. The van der Waals surface area contributed by atoms with Gasteiger partial charge in [-0.25, -0.2) is 15.0 Å². The third kappa shape index (κ3) is 6.84. The van der Waals surface area contributed by atoms with Crippen LogP contribution in [0.1, 0.15) is 116 Å². The summed E-state index contributed by atoms with van der Waals surface area (Å²) in [6.45, 7) is 33.0. The molecule has 64 heavy (non-hydrogen) atoms. The number of pyridine rings is 1. The van der Waals surface area contributed by atoms with Crippen LogP contribution in [0.25, 0.3) is 67.7 Å². The van der Waals surface area contributed by atoms with Gasteiger partial charge >= 0.3 is 0 Å². The molecule has 2 aliphatic rings. The van der Waals surface area contributed by atoms with E-state index < -0.39 is 0 Å². The van der Waals surface area contributed by atoms with E-state index >= 15 is 0 Å². The van der Waals surface area contributed by atoms with Crippen LogP contribution in [0.4, 0.5) is 0 Å². The van der Waals surface area contributed by atoms with Gasteiger partial charge in [0.1, 0.15) is 0 Å². The summed E-state index contributed by atoms with van der Waals surface area (Å²) < 4.78 is 0.985. The molecule has 0 bridgehead atoms. The topological polar surface area (TPSA) is 51.6 Å². The van der Waals surface area contributed by atoms with E-state index in [0.29, 0.717) is 17.5 Å². The van der Waals surface area contributed by atoms with Gasteiger partial charge in [0, 0.05) is 43.0 Å². The molecule has 329 valence electrons. The van der Waals surface area contributed by atoms with Crippen molar-refractivity contribution in [3.05, 3.63) is 153 Å². The summed E-state index contributed by atoms with van der Waals surface area (Å²) in [6, 6.07) is 40.9. The number of hydrogen-bond acceptors (Lipinski definition) is 4. The molecule has 2 aliphatic carbocycles. The van der Waals surface area contributed by atoms with Crippen molar-refractivity contribution in [1.29, 1.82) is 0 Å². The van der Waals surface area contributed by atoms with E-state index in [2.05, 4.69) is 216 Å². The maximum atomic E-state index is 5.28. The summed E-state index contributed by atoms with van der Waals surface area (Å²) in [5, 5.41) is 0. The second kappa shape index (κ2) is 15.5. The molecule has 7 aromatic rings. The van der Waals surface area contributed by atoms with Crippen molar-refractivity contribution in [1.82, 2.24) is 19.9 Å². The standard InChI is InChI=1S/C58H60BrN4.Ir/c1-34-27-35(2)29-40(28-34)41-17-15-16-18-42(41)43-23-19-36(32-48(43)59)49-26-22-39(33-60-49)52-62-50(37-20-24-44-46(30-37)55(7,8)57(11,12)53(44,3)4)61-51(63-52)38-21-25-45-47(31-38)56(9,10)58(13,14)54(45,5)6;/h15-18,20-33H,1-14H3;/q-1;. The normalized spacial score (nSPS) is 17.9. The molecule has 1 radical (unpaired) electrons. The first-order valence-corrected chi connectivity index (χ1v) is 23.2. The Labute approximate surface area is 403 Å². The number of rotatable bonds is 6. The van der Waals surface area contributed by atoms with E-state index in [1.807, 2.05) is 12.3 Å². The van der Waals surface area contributed by atoms with Crippen LogP contribution in [0.5, 0.6) is 0 Å². The molecule has 0 unspecified atom stereocenters. The molecule has 0 amide bonds. The van der Waals surface area contributed by atoms with E-state index in [1.54, 1.807) is 0 Å². The Bertz CT molecular complexity index is 2860. The molecule has 0 saturated carbocycles. The van der Waals surface area contributed by atoms with Crippen molar-refractivity contribution >= 4 is 15.9 Å². The average Bonchev–Trinajstić information content (AvgIpc) is 3.42. The van der Waals surface area contributed by atoms with Crippen LogP contribution in [-0.2, 0) is 41.8 Å². The summed E-state index contributed by atoms with van der Waals surface area (Å²) in [5.41, 5.74) is 17.2. The fourth-order valence-corrected chi connectivity index (χ4v) is 11.3. The predicted octanol–water partition coefficient (Wildman–Crippen LogP) is 15.6. The Kier molecular flexibility index (Phi) is 11.1. The smallest absolute Gasteiger partial charge is 0.165 e. The first-order valence-electron chi connectivity index (χ1n) is 22.4. The summed E-state index contributed by atoms with van der Waals surface area (Å²) in [5.74, 6) is 1.92. The minimum atomic E-state index is -0.0563. The maximum absolute atomic E-state index is 5.28. The molecule has 9 rings (SSSR count). The second-order valence-corrected chi connectivity index (χ2v) is 22.4. The largest absolute Gasteiger partial charge is 0.304 e. The van der Waals surface area contributed by atoms with Crippen molar-refractivity contribution in [2.75, 3.05) is 0 Å². The van der Waals surface area contributed by atoms with Crippen molar-refractivity contribution < 1.29 is 20.1 Å². The van der Waals surface area contributed by atoms with Gasteiger partial charge in [0.2, 0.25) is 0 Å². The van der Waals surface area contributed by atoms with Crippen LogP contribution in [0, 0.1) is 30.7 Å². The number of benzene rings is 5. The SMILES string of the molecule is Cc1cc(C)cc(-c2ccccc2-c2c[c-]c(-c3ccc(-c4nc(-c5ccc6c(c5)C(C)(C)C(C)(C)C6(C)C)nc(-c5ccc6c(c5)C(C)(C)C(C)(C)C6(C)C)n4)cn3)cc2Br)c1.[Ir]. The van der Waals surface area contributed by atoms with Gasteiger partial charge in [0.25, 0.3) is 0 Å². The summed E-state index contributed by atoms with van der Waals surface area (Å²) >= 11 is 3.93. The fourth-order valence-electron chi connectivity index (χ4n) is 10.8. The minimum Gasteiger partial charge on any atom is -0.304 e. The van der Waals surface area contributed by atoms with Crippen LogP contribution in [-0.4, -0.2) is 19.9 Å². The zero-order valence-electron chi connectivity index (χ0n) is 39.9. The van der Waals surface area contributed by atoms with Crippen molar-refractivity contribution in [3.63, 3.8) is 0 Å². The Hall–Kier alpha value is -4.61. The molecule has 2 heterocycles. The molecule has 0 N–H and O–H groups in total. The number of hydrogen-bond donors (Lipinski definition) is 0. The minimum absolute atomic E-state index is 0. The number of halogens is 1. The first-order chi connectivity index (χ1) is 29.5. The van der Waals surface area contributed by atoms with E-state index in [-0.39, 0.29) is 52.6 Å². The van der Waals surface area contributed by atoms with Gasteiger partial charge in [-0.2, -0.15) is 0 Å². The Balaban J connectivity index is 0.00000560. The molecule has 0 aliphatic heterocycles. The number of nitrogens with zero attached hydrogens (tertiary/aromatic N) is 4. The van der Waals surface area contributed by atoms with Gasteiger partial charge in [-0.3, -0.25) is 0 Å². The van der Waals surface area contributed by atoms with E-state index in [0.717, 1.165) is 43.5 Å². The molecule has 0 fully saturated rings. The van der Waals surface area contributed by atoms with E-state index in [4.69, 9.17) is 19.9 Å². The van der Waals surface area contributed by atoms with Crippen molar-refractivity contribution in [3.8, 4) is 67.7 Å². The second-order valence-electron chi connectivity index (χ2n) is 21.5. The third-order valence-corrected chi connectivity index (χ3v) is 17.7. The maximum Gasteiger partial charge on any atom is 0.165 e. The van der Waals surface area contributed by atoms with Crippen LogP contribution >= 0.6 is 15.9 Å². The summed E-state index contributed by atoms with van der Waals surface area (Å²) in [6.07, 6.45) is 1.89. The molecule has 0 spiro atoms. The number of aryl methyl sites for hydroxylation is 2. The van der Waals surface area contributed by atoms with E-state index in [1.165, 1.54) is 44.5 Å². The van der Waals surface area contributed by atoms with Crippen molar-refractivity contribution in [2.45, 2.75) is 119 Å². The van der Waals surface area contributed by atoms with E-state index in [9.17, 15) is 0 Å². The molecular formula is C58H60BrIrN4-. The van der Waals surface area contributed by atoms with Gasteiger partial charge in [-0.15, -0.1) is 23.8 Å². The Morgan fingerprint density at radius 3 is 1.38 bits per heavy atom. The van der Waals surface area contributed by atoms with Crippen LogP contribution in [0.3, 0.4) is 0 Å². The number of fused-ring (bicyclic) bond motifs is 2. The molecule has 0 atom stereocenters. The predicted molar refractivity (Wildman–Crippen MR) is 266 cm³/mol. The molecule has 2 aromatic heterocycles. The Morgan fingerprint density at radius 1 is 0.453 bits per heavy atom. The van der Waals surface area contributed by atoms with Crippen LogP contribution in [0.2, 0.25) is 0 Å². The molecule has 4 nitrogen and oxygen atoms in total. The monoisotopic (exact) mass is 1080 g/mol. The fraction of sp³-hybridized carbons (Fsp3) is 0.345. The number of aromatic nitrogens is 4. The van der Waals surface area contributed by atoms with Gasteiger partial charge in [0.15, 0.2) is 17.5 Å². The molecule has 6 heteroatoms. The van der Waals surface area contributed by atoms with Gasteiger partial charge in [-0.1, -0.05) is 205 Å². The zero-order chi connectivity index (χ0) is 45.2.